The topological polar surface area (TPSA) is 30.5 Å². The molecule has 3 nitrogen and oxygen atoms in total. The first-order valence-electron chi connectivity index (χ1n) is 7.26. The number of hydrogen-bond donors (Lipinski definition) is 1. The Morgan fingerprint density at radius 1 is 1.21 bits per heavy atom. The molecule has 1 N–H and O–H groups in total. The fourth-order valence-corrected chi connectivity index (χ4v) is 1.73. The van der Waals surface area contributed by atoms with Crippen LogP contribution in [0.25, 0.3) is 0 Å². The lowest BCUT2D eigenvalue weighted by molar-refractivity contribution is 0.133. The first kappa shape index (κ1) is 16.0. The molecule has 0 radical (unpaired) electrons. The van der Waals surface area contributed by atoms with Crippen LogP contribution in [0.3, 0.4) is 0 Å². The molecule has 0 aliphatic rings. The van der Waals surface area contributed by atoms with E-state index in [9.17, 15) is 0 Å². The smallest absolute Gasteiger partial charge is 0.120 e. The lowest BCUT2D eigenvalue weighted by Gasteiger charge is -2.11. The lowest BCUT2D eigenvalue weighted by Crippen LogP contribution is -2.19. The van der Waals surface area contributed by atoms with E-state index in [-0.39, 0.29) is 6.10 Å². The Hall–Kier alpha value is -1.06. The summed E-state index contributed by atoms with van der Waals surface area (Å²) >= 11 is 0. The van der Waals surface area contributed by atoms with E-state index in [0.29, 0.717) is 0 Å². The van der Waals surface area contributed by atoms with Gasteiger partial charge in [-0.25, -0.2) is 0 Å². The van der Waals surface area contributed by atoms with Crippen LogP contribution in [0.5, 0.6) is 5.75 Å². The van der Waals surface area contributed by atoms with Crippen LogP contribution in [0, 0.1) is 0 Å². The van der Waals surface area contributed by atoms with E-state index in [0.717, 1.165) is 38.5 Å². The molecule has 1 rings (SSSR count). The number of benzene rings is 1. The maximum absolute atomic E-state index is 5.67. The second kappa shape index (κ2) is 9.82. The van der Waals surface area contributed by atoms with Crippen molar-refractivity contribution < 1.29 is 9.47 Å². The van der Waals surface area contributed by atoms with E-state index in [1.54, 1.807) is 0 Å². The average Bonchev–Trinajstić information content (AvgIpc) is 2.37. The maximum Gasteiger partial charge on any atom is 0.120 e. The van der Waals surface area contributed by atoms with Crippen LogP contribution in [0.1, 0.15) is 39.2 Å². The van der Waals surface area contributed by atoms with Crippen molar-refractivity contribution in [2.45, 2.75) is 46.3 Å². The fraction of sp³-hybridized carbons (Fsp3) is 0.625. The first-order chi connectivity index (χ1) is 9.22. The Morgan fingerprint density at radius 3 is 2.79 bits per heavy atom. The van der Waals surface area contributed by atoms with E-state index in [2.05, 4.69) is 24.4 Å². The zero-order valence-electron chi connectivity index (χ0n) is 12.4. The summed E-state index contributed by atoms with van der Waals surface area (Å²) in [6, 6.07) is 8.23. The van der Waals surface area contributed by atoms with Crippen LogP contribution in [-0.4, -0.2) is 25.9 Å². The summed E-state index contributed by atoms with van der Waals surface area (Å²) in [4.78, 5) is 0. The third kappa shape index (κ3) is 7.85. The monoisotopic (exact) mass is 265 g/mol. The molecule has 19 heavy (non-hydrogen) atoms. The molecule has 3 heteroatoms. The molecule has 0 fully saturated rings. The van der Waals surface area contributed by atoms with Gasteiger partial charge in [-0.15, -0.1) is 0 Å². The molecule has 1 aromatic rings. The van der Waals surface area contributed by atoms with Gasteiger partial charge in [-0.1, -0.05) is 25.5 Å². The van der Waals surface area contributed by atoms with Gasteiger partial charge in [0.1, 0.15) is 5.75 Å². The van der Waals surface area contributed by atoms with Gasteiger partial charge in [0, 0.05) is 19.7 Å². The highest BCUT2D eigenvalue weighted by molar-refractivity contribution is 5.28. The standard InChI is InChI=1S/C16H27NO2/c1-4-5-10-18-11-9-17-13-15-7-6-8-16(12-15)19-14(2)3/h6-8,12,14,17H,4-5,9-11,13H2,1-3H3. The van der Waals surface area contributed by atoms with Crippen molar-refractivity contribution in [3.63, 3.8) is 0 Å². The first-order valence-corrected chi connectivity index (χ1v) is 7.26. The van der Waals surface area contributed by atoms with Crippen molar-refractivity contribution in [2.24, 2.45) is 0 Å². The van der Waals surface area contributed by atoms with Crippen molar-refractivity contribution in [2.75, 3.05) is 19.8 Å². The van der Waals surface area contributed by atoms with Gasteiger partial charge < -0.3 is 14.8 Å². The summed E-state index contributed by atoms with van der Waals surface area (Å²) in [6.45, 7) is 9.65. The second-order valence-electron chi connectivity index (χ2n) is 4.96. The van der Waals surface area contributed by atoms with Gasteiger partial charge in [-0.05, 0) is 38.0 Å². The predicted molar refractivity (Wildman–Crippen MR) is 79.6 cm³/mol. The Bertz CT molecular complexity index is 339. The predicted octanol–water partition coefficient (Wildman–Crippen LogP) is 3.38. The Balaban J connectivity index is 2.18. The molecule has 0 unspecified atom stereocenters. The highest BCUT2D eigenvalue weighted by Crippen LogP contribution is 2.14. The summed E-state index contributed by atoms with van der Waals surface area (Å²) in [5.74, 6) is 0.938. The van der Waals surface area contributed by atoms with Crippen molar-refractivity contribution in [3.05, 3.63) is 29.8 Å². The Labute approximate surface area is 117 Å². The molecule has 0 saturated carbocycles. The Kier molecular flexibility index (Phi) is 8.26. The largest absolute Gasteiger partial charge is 0.491 e. The van der Waals surface area contributed by atoms with E-state index < -0.39 is 0 Å². The highest BCUT2D eigenvalue weighted by Gasteiger charge is 1.99. The summed E-state index contributed by atoms with van der Waals surface area (Å²) < 4.78 is 11.2. The van der Waals surface area contributed by atoms with Gasteiger partial charge in [0.2, 0.25) is 0 Å². The molecule has 0 aromatic heterocycles. The molecular weight excluding hydrogens is 238 g/mol. The SMILES string of the molecule is CCCCOCCNCc1cccc(OC(C)C)c1. The summed E-state index contributed by atoms with van der Waals surface area (Å²) in [7, 11) is 0. The molecule has 1 aromatic carbocycles. The molecular formula is C16H27NO2. The van der Waals surface area contributed by atoms with E-state index in [1.165, 1.54) is 12.0 Å². The number of unbranched alkanes of at least 4 members (excludes halogenated alkanes) is 1. The quantitative estimate of drug-likeness (QED) is 0.658. The molecule has 0 atom stereocenters. The molecule has 0 spiro atoms. The summed E-state index contributed by atoms with van der Waals surface area (Å²) in [5, 5.41) is 3.38. The molecule has 108 valence electrons. The minimum atomic E-state index is 0.218. The van der Waals surface area contributed by atoms with Crippen LogP contribution in [0.2, 0.25) is 0 Å². The molecule has 0 saturated heterocycles. The van der Waals surface area contributed by atoms with Gasteiger partial charge in [0.25, 0.3) is 0 Å². The Morgan fingerprint density at radius 2 is 2.05 bits per heavy atom. The van der Waals surface area contributed by atoms with E-state index in [1.807, 2.05) is 26.0 Å². The third-order valence-electron chi connectivity index (χ3n) is 2.66. The van der Waals surface area contributed by atoms with Crippen molar-refractivity contribution in [1.29, 1.82) is 0 Å². The van der Waals surface area contributed by atoms with Crippen LogP contribution in [0.4, 0.5) is 0 Å². The summed E-state index contributed by atoms with van der Waals surface area (Å²) in [6.07, 6.45) is 2.56. The molecule has 0 bridgehead atoms. The van der Waals surface area contributed by atoms with Crippen LogP contribution < -0.4 is 10.1 Å². The van der Waals surface area contributed by atoms with Crippen molar-refractivity contribution >= 4 is 0 Å². The molecule has 0 heterocycles. The highest BCUT2D eigenvalue weighted by atomic mass is 16.5. The number of rotatable bonds is 10. The number of hydrogen-bond acceptors (Lipinski definition) is 3. The lowest BCUT2D eigenvalue weighted by atomic mass is 10.2. The van der Waals surface area contributed by atoms with Crippen LogP contribution in [-0.2, 0) is 11.3 Å². The van der Waals surface area contributed by atoms with E-state index >= 15 is 0 Å². The maximum atomic E-state index is 5.67. The zero-order chi connectivity index (χ0) is 13.9. The normalized spacial score (nSPS) is 10.9. The van der Waals surface area contributed by atoms with Gasteiger partial charge in [0.05, 0.1) is 12.7 Å². The molecule has 0 aliphatic carbocycles. The van der Waals surface area contributed by atoms with Crippen LogP contribution >= 0.6 is 0 Å². The summed E-state index contributed by atoms with van der Waals surface area (Å²) in [5.41, 5.74) is 1.24. The van der Waals surface area contributed by atoms with Gasteiger partial charge in [-0.3, -0.25) is 0 Å². The van der Waals surface area contributed by atoms with Gasteiger partial charge in [-0.2, -0.15) is 0 Å². The average molecular weight is 265 g/mol. The van der Waals surface area contributed by atoms with Gasteiger partial charge >= 0.3 is 0 Å². The van der Waals surface area contributed by atoms with Crippen molar-refractivity contribution in [3.8, 4) is 5.75 Å². The van der Waals surface area contributed by atoms with Gasteiger partial charge in [0.15, 0.2) is 0 Å². The fourth-order valence-electron chi connectivity index (χ4n) is 1.73. The number of nitrogens with one attached hydrogen (secondary N) is 1. The van der Waals surface area contributed by atoms with Crippen LogP contribution in [0.15, 0.2) is 24.3 Å². The van der Waals surface area contributed by atoms with Crippen molar-refractivity contribution in [1.82, 2.24) is 5.32 Å². The molecule has 0 amide bonds. The minimum absolute atomic E-state index is 0.218. The zero-order valence-corrected chi connectivity index (χ0v) is 12.4. The number of ether oxygens (including phenoxy) is 2. The molecule has 0 aliphatic heterocycles. The minimum Gasteiger partial charge on any atom is -0.491 e. The third-order valence-corrected chi connectivity index (χ3v) is 2.66. The van der Waals surface area contributed by atoms with E-state index in [4.69, 9.17) is 9.47 Å². The second-order valence-corrected chi connectivity index (χ2v) is 4.96.